The van der Waals surface area contributed by atoms with Gasteiger partial charge in [0.15, 0.2) is 0 Å². The largest absolute Gasteiger partial charge is 0.237 e. The van der Waals surface area contributed by atoms with E-state index >= 15 is 0 Å². The SMILES string of the molecule is Fc1ccc(-c2csc(C=Cc3cccc4ccccc34)n2)cc1. The average molecular weight is 331 g/mol. The van der Waals surface area contributed by atoms with E-state index in [1.54, 1.807) is 23.5 Å². The zero-order chi connectivity index (χ0) is 16.4. The van der Waals surface area contributed by atoms with Gasteiger partial charge in [-0.15, -0.1) is 11.3 Å². The van der Waals surface area contributed by atoms with Crippen LogP contribution in [-0.2, 0) is 0 Å². The van der Waals surface area contributed by atoms with E-state index in [4.69, 9.17) is 0 Å². The zero-order valence-corrected chi connectivity index (χ0v) is 13.6. The van der Waals surface area contributed by atoms with Crippen molar-refractivity contribution >= 4 is 34.3 Å². The van der Waals surface area contributed by atoms with Crippen LogP contribution in [0, 0.1) is 5.82 Å². The molecule has 0 spiro atoms. The maximum atomic E-state index is 13.0. The number of fused-ring (bicyclic) bond motifs is 1. The van der Waals surface area contributed by atoms with Crippen LogP contribution in [0.1, 0.15) is 10.6 Å². The Bertz CT molecular complexity index is 1010. The van der Waals surface area contributed by atoms with E-state index in [1.165, 1.54) is 28.5 Å². The molecule has 3 heteroatoms. The zero-order valence-electron chi connectivity index (χ0n) is 12.8. The second-order valence-corrected chi connectivity index (χ2v) is 6.37. The van der Waals surface area contributed by atoms with Crippen LogP contribution in [0.3, 0.4) is 0 Å². The fourth-order valence-electron chi connectivity index (χ4n) is 2.67. The molecular weight excluding hydrogens is 317 g/mol. The van der Waals surface area contributed by atoms with Gasteiger partial charge in [-0.25, -0.2) is 9.37 Å². The third-order valence-corrected chi connectivity index (χ3v) is 4.70. The van der Waals surface area contributed by atoms with E-state index in [9.17, 15) is 4.39 Å². The molecule has 24 heavy (non-hydrogen) atoms. The molecule has 4 rings (SSSR count). The lowest BCUT2D eigenvalue weighted by atomic mass is 10.0. The van der Waals surface area contributed by atoms with Gasteiger partial charge in [0.1, 0.15) is 10.8 Å². The Balaban J connectivity index is 1.63. The first-order chi connectivity index (χ1) is 11.8. The van der Waals surface area contributed by atoms with E-state index in [2.05, 4.69) is 47.5 Å². The molecule has 0 aliphatic rings. The predicted octanol–water partition coefficient (Wildman–Crippen LogP) is 6.27. The molecule has 1 aromatic heterocycles. The second-order valence-electron chi connectivity index (χ2n) is 5.48. The quantitative estimate of drug-likeness (QED) is 0.431. The smallest absolute Gasteiger partial charge is 0.123 e. The fraction of sp³-hybridized carbons (Fsp3) is 0. The van der Waals surface area contributed by atoms with Crippen LogP contribution in [0.2, 0.25) is 0 Å². The first-order valence-corrected chi connectivity index (χ1v) is 8.55. The van der Waals surface area contributed by atoms with Gasteiger partial charge in [-0.05, 0) is 46.7 Å². The lowest BCUT2D eigenvalue weighted by Gasteiger charge is -2.01. The Morgan fingerprint density at radius 1 is 0.833 bits per heavy atom. The van der Waals surface area contributed by atoms with Gasteiger partial charge >= 0.3 is 0 Å². The highest BCUT2D eigenvalue weighted by molar-refractivity contribution is 7.10. The Labute approximate surface area is 143 Å². The van der Waals surface area contributed by atoms with Crippen molar-refractivity contribution in [3.8, 4) is 11.3 Å². The molecule has 0 saturated heterocycles. The number of nitrogens with zero attached hydrogens (tertiary/aromatic N) is 1. The highest BCUT2D eigenvalue weighted by atomic mass is 32.1. The Morgan fingerprint density at radius 3 is 2.50 bits per heavy atom. The van der Waals surface area contributed by atoms with Gasteiger partial charge in [0.05, 0.1) is 5.69 Å². The molecule has 1 heterocycles. The summed E-state index contributed by atoms with van der Waals surface area (Å²) in [5.74, 6) is -0.231. The molecule has 0 fully saturated rings. The third kappa shape index (κ3) is 2.99. The minimum Gasteiger partial charge on any atom is -0.237 e. The second kappa shape index (κ2) is 6.38. The summed E-state index contributed by atoms with van der Waals surface area (Å²) < 4.78 is 13.0. The Kier molecular flexibility index (Phi) is 3.93. The third-order valence-electron chi connectivity index (χ3n) is 3.89. The minimum absolute atomic E-state index is 0.231. The summed E-state index contributed by atoms with van der Waals surface area (Å²) >= 11 is 1.58. The molecule has 116 valence electrons. The molecule has 0 saturated carbocycles. The molecule has 0 amide bonds. The highest BCUT2D eigenvalue weighted by Gasteiger charge is 2.03. The first kappa shape index (κ1) is 14.8. The predicted molar refractivity (Wildman–Crippen MR) is 100 cm³/mol. The van der Waals surface area contributed by atoms with Gasteiger partial charge in [-0.2, -0.15) is 0 Å². The maximum Gasteiger partial charge on any atom is 0.123 e. The number of halogens is 1. The molecule has 4 aromatic rings. The summed E-state index contributed by atoms with van der Waals surface area (Å²) in [4.78, 5) is 4.61. The van der Waals surface area contributed by atoms with E-state index < -0.39 is 0 Å². The summed E-state index contributed by atoms with van der Waals surface area (Å²) in [7, 11) is 0. The summed E-state index contributed by atoms with van der Waals surface area (Å²) in [5, 5.41) is 5.38. The van der Waals surface area contributed by atoms with Crippen LogP contribution in [0.5, 0.6) is 0 Å². The highest BCUT2D eigenvalue weighted by Crippen LogP contribution is 2.25. The van der Waals surface area contributed by atoms with Gasteiger partial charge in [0.25, 0.3) is 0 Å². The summed E-state index contributed by atoms with van der Waals surface area (Å²) in [5.41, 5.74) is 2.97. The van der Waals surface area contributed by atoms with Crippen molar-refractivity contribution in [3.05, 3.63) is 88.5 Å². The molecule has 1 nitrogen and oxygen atoms in total. The van der Waals surface area contributed by atoms with Crippen molar-refractivity contribution in [2.75, 3.05) is 0 Å². The van der Waals surface area contributed by atoms with E-state index in [1.807, 2.05) is 17.5 Å². The summed E-state index contributed by atoms with van der Waals surface area (Å²) in [6, 6.07) is 21.0. The van der Waals surface area contributed by atoms with Gasteiger partial charge in [-0.3, -0.25) is 0 Å². The molecule has 0 aliphatic heterocycles. The number of thiazole rings is 1. The molecule has 0 unspecified atom stereocenters. The number of rotatable bonds is 3. The first-order valence-electron chi connectivity index (χ1n) is 7.67. The molecule has 0 atom stereocenters. The van der Waals surface area contributed by atoms with Crippen LogP contribution >= 0.6 is 11.3 Å². The van der Waals surface area contributed by atoms with Crippen LogP contribution in [-0.4, -0.2) is 4.98 Å². The molecule has 3 aromatic carbocycles. The lowest BCUT2D eigenvalue weighted by Crippen LogP contribution is -1.80. The van der Waals surface area contributed by atoms with Crippen molar-refractivity contribution in [2.24, 2.45) is 0 Å². The number of hydrogen-bond acceptors (Lipinski definition) is 2. The number of aromatic nitrogens is 1. The average Bonchev–Trinajstić information content (AvgIpc) is 3.09. The molecular formula is C21H14FNS. The molecule has 0 aliphatic carbocycles. The van der Waals surface area contributed by atoms with Gasteiger partial charge < -0.3 is 0 Å². The van der Waals surface area contributed by atoms with Crippen molar-refractivity contribution < 1.29 is 4.39 Å². The molecule has 0 N–H and O–H groups in total. The standard InChI is InChI=1S/C21H14FNS/c22-18-11-8-17(9-12-18)20-14-24-21(23-20)13-10-16-6-3-5-15-4-1-2-7-19(15)16/h1-14H. The van der Waals surface area contributed by atoms with E-state index in [0.717, 1.165) is 16.3 Å². The normalized spacial score (nSPS) is 11.4. The monoisotopic (exact) mass is 331 g/mol. The van der Waals surface area contributed by atoms with Gasteiger partial charge in [-0.1, -0.05) is 48.5 Å². The molecule has 0 bridgehead atoms. The molecule has 0 radical (unpaired) electrons. The minimum atomic E-state index is -0.231. The van der Waals surface area contributed by atoms with Gasteiger partial charge in [0.2, 0.25) is 0 Å². The fourth-order valence-corrected chi connectivity index (χ4v) is 3.39. The van der Waals surface area contributed by atoms with Crippen molar-refractivity contribution in [3.63, 3.8) is 0 Å². The van der Waals surface area contributed by atoms with Crippen LogP contribution < -0.4 is 0 Å². The van der Waals surface area contributed by atoms with Gasteiger partial charge in [0, 0.05) is 10.9 Å². The Morgan fingerprint density at radius 2 is 1.62 bits per heavy atom. The summed E-state index contributed by atoms with van der Waals surface area (Å²) in [6.07, 6.45) is 4.12. The summed E-state index contributed by atoms with van der Waals surface area (Å²) in [6.45, 7) is 0. The van der Waals surface area contributed by atoms with Crippen LogP contribution in [0.15, 0.2) is 72.1 Å². The Hall–Kier alpha value is -2.78. The number of benzene rings is 3. The van der Waals surface area contributed by atoms with E-state index in [-0.39, 0.29) is 5.82 Å². The van der Waals surface area contributed by atoms with Crippen molar-refractivity contribution in [1.82, 2.24) is 4.98 Å². The van der Waals surface area contributed by atoms with Crippen LogP contribution in [0.4, 0.5) is 4.39 Å². The van der Waals surface area contributed by atoms with Crippen LogP contribution in [0.25, 0.3) is 34.2 Å². The topological polar surface area (TPSA) is 12.9 Å². The lowest BCUT2D eigenvalue weighted by molar-refractivity contribution is 0.628. The van der Waals surface area contributed by atoms with E-state index in [0.29, 0.717) is 0 Å². The maximum absolute atomic E-state index is 13.0. The number of hydrogen-bond donors (Lipinski definition) is 0. The van der Waals surface area contributed by atoms with Crippen molar-refractivity contribution in [2.45, 2.75) is 0 Å². The van der Waals surface area contributed by atoms with Crippen molar-refractivity contribution in [1.29, 1.82) is 0 Å².